The molecule has 2 heterocycles. The molecule has 10 heteroatoms. The van der Waals surface area contributed by atoms with E-state index in [0.29, 0.717) is 13.1 Å². The molecule has 1 saturated heterocycles. The number of ether oxygens (including phenoxy) is 1. The minimum absolute atomic E-state index is 0.00791. The van der Waals surface area contributed by atoms with Crippen LogP contribution >= 0.6 is 0 Å². The molecular formula is C20H28N4O5S. The van der Waals surface area contributed by atoms with E-state index in [4.69, 9.17) is 9.26 Å². The SMILES string of the molecule is COc1ccc(CN2CCN(C(=O)[C@H](C)NS(=O)(=O)c3c(C)noc3C)CC2)cc1. The van der Waals surface area contributed by atoms with Gasteiger partial charge < -0.3 is 14.2 Å². The molecule has 1 aliphatic rings. The molecule has 1 N–H and O–H groups in total. The predicted octanol–water partition coefficient (Wildman–Crippen LogP) is 1.31. The number of nitrogens with one attached hydrogen (secondary N) is 1. The van der Waals surface area contributed by atoms with Gasteiger partial charge in [-0.05, 0) is 38.5 Å². The minimum Gasteiger partial charge on any atom is -0.497 e. The fraction of sp³-hybridized carbons (Fsp3) is 0.500. The maximum atomic E-state index is 12.8. The molecule has 0 saturated carbocycles. The molecule has 3 rings (SSSR count). The number of aryl methyl sites for hydroxylation is 2. The van der Waals surface area contributed by atoms with E-state index in [9.17, 15) is 13.2 Å². The summed E-state index contributed by atoms with van der Waals surface area (Å²) in [6.45, 7) is 7.98. The zero-order valence-corrected chi connectivity index (χ0v) is 18.5. The van der Waals surface area contributed by atoms with Gasteiger partial charge >= 0.3 is 0 Å². The molecule has 1 amide bonds. The Hall–Kier alpha value is -2.43. The van der Waals surface area contributed by atoms with Crippen LogP contribution in [0, 0.1) is 13.8 Å². The third-order valence-electron chi connectivity index (χ3n) is 5.19. The van der Waals surface area contributed by atoms with Crippen LogP contribution in [0.3, 0.4) is 0 Å². The van der Waals surface area contributed by atoms with Crippen molar-refractivity contribution >= 4 is 15.9 Å². The molecule has 0 aliphatic carbocycles. The molecule has 1 atom stereocenters. The maximum Gasteiger partial charge on any atom is 0.246 e. The van der Waals surface area contributed by atoms with Gasteiger partial charge in [-0.15, -0.1) is 0 Å². The lowest BCUT2D eigenvalue weighted by atomic mass is 10.2. The number of hydrogen-bond acceptors (Lipinski definition) is 7. The fourth-order valence-corrected chi connectivity index (χ4v) is 5.12. The van der Waals surface area contributed by atoms with E-state index in [-0.39, 0.29) is 22.3 Å². The Morgan fingerprint density at radius 3 is 2.37 bits per heavy atom. The van der Waals surface area contributed by atoms with E-state index in [0.717, 1.165) is 25.4 Å². The van der Waals surface area contributed by atoms with Crippen LogP contribution in [0.2, 0.25) is 0 Å². The lowest BCUT2D eigenvalue weighted by Crippen LogP contribution is -2.53. The average Bonchev–Trinajstić information content (AvgIpc) is 3.07. The first-order chi connectivity index (χ1) is 14.2. The van der Waals surface area contributed by atoms with Crippen molar-refractivity contribution in [3.05, 3.63) is 41.3 Å². The minimum atomic E-state index is -3.89. The van der Waals surface area contributed by atoms with Gasteiger partial charge in [-0.25, -0.2) is 8.42 Å². The number of rotatable bonds is 7. The molecule has 0 unspecified atom stereocenters. The Labute approximate surface area is 177 Å². The number of carbonyl (C=O) groups excluding carboxylic acids is 1. The van der Waals surface area contributed by atoms with E-state index in [1.807, 2.05) is 24.3 Å². The standard InChI is InChI=1S/C20H28N4O5S/c1-14-19(16(3)29-21-14)30(26,27)22-15(2)20(25)24-11-9-23(10-12-24)13-17-5-7-18(28-4)8-6-17/h5-8,15,22H,9-13H2,1-4H3/t15-/m0/s1. The summed E-state index contributed by atoms with van der Waals surface area (Å²) in [5.41, 5.74) is 1.45. The van der Waals surface area contributed by atoms with E-state index in [1.165, 1.54) is 12.5 Å². The number of amides is 1. The summed E-state index contributed by atoms with van der Waals surface area (Å²) >= 11 is 0. The summed E-state index contributed by atoms with van der Waals surface area (Å²) in [6.07, 6.45) is 0. The molecule has 9 nitrogen and oxygen atoms in total. The number of aromatic nitrogens is 1. The van der Waals surface area contributed by atoms with Gasteiger partial charge in [0.05, 0.1) is 13.2 Å². The lowest BCUT2D eigenvalue weighted by molar-refractivity contribution is -0.134. The smallest absolute Gasteiger partial charge is 0.246 e. The quantitative estimate of drug-likeness (QED) is 0.698. The van der Waals surface area contributed by atoms with Gasteiger partial charge in [0.15, 0.2) is 5.76 Å². The Morgan fingerprint density at radius 1 is 1.20 bits per heavy atom. The van der Waals surface area contributed by atoms with Crippen LogP contribution in [0.5, 0.6) is 5.75 Å². The van der Waals surface area contributed by atoms with Gasteiger partial charge in [-0.2, -0.15) is 4.72 Å². The molecule has 1 aromatic heterocycles. The lowest BCUT2D eigenvalue weighted by Gasteiger charge is -2.36. The van der Waals surface area contributed by atoms with E-state index < -0.39 is 16.1 Å². The number of sulfonamides is 1. The van der Waals surface area contributed by atoms with Gasteiger partial charge in [-0.1, -0.05) is 17.3 Å². The number of carbonyl (C=O) groups is 1. The van der Waals surface area contributed by atoms with Crippen LogP contribution in [-0.2, 0) is 21.4 Å². The predicted molar refractivity (Wildman–Crippen MR) is 111 cm³/mol. The number of benzene rings is 1. The fourth-order valence-electron chi connectivity index (χ4n) is 3.59. The monoisotopic (exact) mass is 436 g/mol. The maximum absolute atomic E-state index is 12.8. The summed E-state index contributed by atoms with van der Waals surface area (Å²) < 4.78 is 37.8. The third-order valence-corrected chi connectivity index (χ3v) is 6.97. The second kappa shape index (κ2) is 9.15. The second-order valence-corrected chi connectivity index (χ2v) is 9.10. The molecule has 1 fully saturated rings. The van der Waals surface area contributed by atoms with Gasteiger partial charge in [0.1, 0.15) is 16.3 Å². The van der Waals surface area contributed by atoms with Gasteiger partial charge in [0, 0.05) is 32.7 Å². The van der Waals surface area contributed by atoms with E-state index in [1.54, 1.807) is 25.9 Å². The molecule has 2 aromatic rings. The summed E-state index contributed by atoms with van der Waals surface area (Å²) in [5.74, 6) is 0.781. The normalized spacial score (nSPS) is 16.5. The topological polar surface area (TPSA) is 105 Å². The molecule has 0 bridgehead atoms. The van der Waals surface area contributed by atoms with Crippen molar-refractivity contribution < 1.29 is 22.5 Å². The van der Waals surface area contributed by atoms with E-state index >= 15 is 0 Å². The highest BCUT2D eigenvalue weighted by Gasteiger charge is 2.31. The van der Waals surface area contributed by atoms with E-state index in [2.05, 4.69) is 14.8 Å². The van der Waals surface area contributed by atoms with Crippen molar-refractivity contribution in [2.75, 3.05) is 33.3 Å². The first kappa shape index (κ1) is 22.3. The van der Waals surface area contributed by atoms with Crippen molar-refractivity contribution in [2.45, 2.75) is 38.3 Å². The summed E-state index contributed by atoms with van der Waals surface area (Å²) in [4.78, 5) is 16.7. The van der Waals surface area contributed by atoms with Crippen LogP contribution < -0.4 is 9.46 Å². The van der Waals surface area contributed by atoms with Crippen molar-refractivity contribution in [1.29, 1.82) is 0 Å². The van der Waals surface area contributed by atoms with Crippen molar-refractivity contribution in [3.8, 4) is 5.75 Å². The van der Waals surface area contributed by atoms with Crippen LogP contribution in [0.25, 0.3) is 0 Å². The molecule has 0 spiro atoms. The summed E-state index contributed by atoms with van der Waals surface area (Å²) in [7, 11) is -2.25. The molecule has 164 valence electrons. The second-order valence-electron chi connectivity index (χ2n) is 7.45. The molecule has 1 aromatic carbocycles. The number of hydrogen-bond donors (Lipinski definition) is 1. The first-order valence-electron chi connectivity index (χ1n) is 9.80. The molecule has 30 heavy (non-hydrogen) atoms. The highest BCUT2D eigenvalue weighted by molar-refractivity contribution is 7.89. The number of piperazine rings is 1. The average molecular weight is 437 g/mol. The molecular weight excluding hydrogens is 408 g/mol. The summed E-state index contributed by atoms with van der Waals surface area (Å²) in [6, 6.07) is 7.05. The Balaban J connectivity index is 1.54. The van der Waals surface area contributed by atoms with Crippen molar-refractivity contribution in [3.63, 3.8) is 0 Å². The zero-order valence-electron chi connectivity index (χ0n) is 17.7. The third kappa shape index (κ3) is 5.00. The van der Waals surface area contributed by atoms with Crippen LogP contribution in [0.4, 0.5) is 0 Å². The van der Waals surface area contributed by atoms with Crippen LogP contribution in [-0.4, -0.2) is 68.6 Å². The Morgan fingerprint density at radius 2 is 1.83 bits per heavy atom. The first-order valence-corrected chi connectivity index (χ1v) is 11.3. The van der Waals surface area contributed by atoms with Crippen LogP contribution in [0.1, 0.15) is 23.9 Å². The van der Waals surface area contributed by atoms with Crippen molar-refractivity contribution in [1.82, 2.24) is 19.7 Å². The highest BCUT2D eigenvalue weighted by Crippen LogP contribution is 2.19. The van der Waals surface area contributed by atoms with Gasteiger partial charge in [-0.3, -0.25) is 9.69 Å². The number of methoxy groups -OCH3 is 1. The molecule has 0 radical (unpaired) electrons. The van der Waals surface area contributed by atoms with Gasteiger partial charge in [0.2, 0.25) is 15.9 Å². The van der Waals surface area contributed by atoms with Crippen LogP contribution in [0.15, 0.2) is 33.7 Å². The molecule has 1 aliphatic heterocycles. The van der Waals surface area contributed by atoms with Gasteiger partial charge in [0.25, 0.3) is 0 Å². The Kier molecular flexibility index (Phi) is 6.79. The largest absolute Gasteiger partial charge is 0.497 e. The number of nitrogens with zero attached hydrogens (tertiary/aromatic N) is 3. The Bertz CT molecular complexity index is 960. The van der Waals surface area contributed by atoms with Crippen molar-refractivity contribution in [2.24, 2.45) is 0 Å². The zero-order chi connectivity index (χ0) is 21.9. The highest BCUT2D eigenvalue weighted by atomic mass is 32.2. The summed E-state index contributed by atoms with van der Waals surface area (Å²) in [5, 5.41) is 3.67.